The number of amides is 1. The number of thiol groups is 1. The summed E-state index contributed by atoms with van der Waals surface area (Å²) in [5.41, 5.74) is 2.79. The fraction of sp³-hybridized carbons (Fsp3) is 0.533. The quantitative estimate of drug-likeness (QED) is 0.788. The number of carbonyl (C=O) groups is 1. The van der Waals surface area contributed by atoms with Crippen molar-refractivity contribution in [3.05, 3.63) is 35.4 Å². The highest BCUT2D eigenvalue weighted by Crippen LogP contribution is 2.22. The summed E-state index contributed by atoms with van der Waals surface area (Å²) in [5, 5.41) is 2.89. The van der Waals surface area contributed by atoms with Gasteiger partial charge in [0, 0.05) is 13.0 Å². The molecule has 0 radical (unpaired) electrons. The molecule has 1 amide bonds. The van der Waals surface area contributed by atoms with Crippen LogP contribution in [0, 0.1) is 0 Å². The van der Waals surface area contributed by atoms with Crippen LogP contribution in [-0.4, -0.2) is 18.2 Å². The molecule has 0 fully saturated rings. The third kappa shape index (κ3) is 5.13. The molecule has 3 heteroatoms. The number of carbonyl (C=O) groups excluding carboxylic acids is 1. The first-order chi connectivity index (χ1) is 8.43. The molecule has 1 N–H and O–H groups in total. The Bertz CT molecular complexity index is 378. The van der Waals surface area contributed by atoms with E-state index in [4.69, 9.17) is 0 Å². The molecule has 0 atom stereocenters. The highest BCUT2D eigenvalue weighted by molar-refractivity contribution is 7.80. The lowest BCUT2D eigenvalue weighted by Crippen LogP contribution is -2.25. The van der Waals surface area contributed by atoms with E-state index in [1.54, 1.807) is 0 Å². The van der Waals surface area contributed by atoms with Gasteiger partial charge in [0.1, 0.15) is 0 Å². The zero-order valence-corrected chi connectivity index (χ0v) is 12.4. The Kier molecular flexibility index (Phi) is 5.73. The molecule has 0 unspecified atom stereocenters. The van der Waals surface area contributed by atoms with Gasteiger partial charge in [0.15, 0.2) is 0 Å². The fourth-order valence-electron chi connectivity index (χ4n) is 1.71. The molecule has 100 valence electrons. The van der Waals surface area contributed by atoms with Gasteiger partial charge in [-0.05, 0) is 28.7 Å². The van der Waals surface area contributed by atoms with E-state index in [1.807, 2.05) is 0 Å². The van der Waals surface area contributed by atoms with E-state index in [9.17, 15) is 4.79 Å². The summed E-state index contributed by atoms with van der Waals surface area (Å²) in [6.45, 7) is 7.32. The normalized spacial score (nSPS) is 11.3. The number of hydrogen-bond acceptors (Lipinski definition) is 2. The van der Waals surface area contributed by atoms with Crippen molar-refractivity contribution in [1.82, 2.24) is 5.32 Å². The number of hydrogen-bond donors (Lipinski definition) is 2. The van der Waals surface area contributed by atoms with Gasteiger partial charge >= 0.3 is 0 Å². The summed E-state index contributed by atoms with van der Waals surface area (Å²) < 4.78 is 0. The van der Waals surface area contributed by atoms with Gasteiger partial charge in [-0.2, -0.15) is 12.6 Å². The van der Waals surface area contributed by atoms with E-state index >= 15 is 0 Å². The van der Waals surface area contributed by atoms with E-state index in [0.29, 0.717) is 18.7 Å². The van der Waals surface area contributed by atoms with Crippen molar-refractivity contribution in [2.45, 2.75) is 39.0 Å². The summed E-state index contributed by atoms with van der Waals surface area (Å²) >= 11 is 4.03. The Morgan fingerprint density at radius 1 is 1.22 bits per heavy atom. The molecule has 1 aromatic rings. The second-order valence-corrected chi connectivity index (χ2v) is 5.97. The fourth-order valence-corrected chi connectivity index (χ4v) is 1.91. The maximum absolute atomic E-state index is 11.3. The first kappa shape index (κ1) is 15.1. The summed E-state index contributed by atoms with van der Waals surface area (Å²) in [7, 11) is 0. The Morgan fingerprint density at radius 2 is 1.83 bits per heavy atom. The number of benzene rings is 1. The molecule has 0 heterocycles. The third-order valence-corrected chi connectivity index (χ3v) is 3.12. The molecule has 0 saturated heterocycles. The van der Waals surface area contributed by atoms with Crippen LogP contribution < -0.4 is 5.32 Å². The van der Waals surface area contributed by atoms with Gasteiger partial charge < -0.3 is 5.32 Å². The molecular weight excluding hydrogens is 242 g/mol. The van der Waals surface area contributed by atoms with Crippen molar-refractivity contribution in [3.8, 4) is 0 Å². The molecule has 0 bridgehead atoms. The van der Waals surface area contributed by atoms with Gasteiger partial charge in [0.05, 0.1) is 0 Å². The molecule has 0 saturated carbocycles. The molecule has 0 aliphatic carbocycles. The zero-order valence-electron chi connectivity index (χ0n) is 11.5. The van der Waals surface area contributed by atoms with Crippen molar-refractivity contribution in [2.24, 2.45) is 0 Å². The first-order valence-electron chi connectivity index (χ1n) is 6.40. The van der Waals surface area contributed by atoms with Crippen LogP contribution in [0.2, 0.25) is 0 Å². The lowest BCUT2D eigenvalue weighted by molar-refractivity contribution is -0.120. The average molecular weight is 265 g/mol. The predicted octanol–water partition coefficient (Wildman–Crippen LogP) is 2.96. The monoisotopic (exact) mass is 265 g/mol. The zero-order chi connectivity index (χ0) is 13.6. The Labute approximate surface area is 116 Å². The van der Waals surface area contributed by atoms with Crippen LogP contribution in [0.25, 0.3) is 0 Å². The average Bonchev–Trinajstić information content (AvgIpc) is 2.29. The predicted molar refractivity (Wildman–Crippen MR) is 80.3 cm³/mol. The van der Waals surface area contributed by atoms with Crippen LogP contribution in [-0.2, 0) is 16.6 Å². The molecule has 0 aromatic heterocycles. The first-order valence-corrected chi connectivity index (χ1v) is 7.03. The minimum atomic E-state index is 0.0799. The number of nitrogens with one attached hydrogen (secondary N) is 1. The van der Waals surface area contributed by atoms with Gasteiger partial charge in [-0.15, -0.1) is 0 Å². The van der Waals surface area contributed by atoms with Crippen molar-refractivity contribution in [1.29, 1.82) is 0 Å². The minimum absolute atomic E-state index is 0.0799. The topological polar surface area (TPSA) is 29.1 Å². The molecular formula is C15H23NOS. The van der Waals surface area contributed by atoms with Gasteiger partial charge in [-0.25, -0.2) is 0 Å². The lowest BCUT2D eigenvalue weighted by atomic mass is 9.86. The largest absolute Gasteiger partial charge is 0.356 e. The molecule has 1 rings (SSSR count). The highest BCUT2D eigenvalue weighted by Gasteiger charge is 2.12. The Balaban J connectivity index is 2.42. The molecule has 0 aliphatic heterocycles. The van der Waals surface area contributed by atoms with E-state index in [-0.39, 0.29) is 11.3 Å². The molecule has 0 aliphatic rings. The lowest BCUT2D eigenvalue weighted by Gasteiger charge is -2.19. The van der Waals surface area contributed by atoms with Crippen LogP contribution >= 0.6 is 12.6 Å². The van der Waals surface area contributed by atoms with E-state index in [0.717, 1.165) is 6.42 Å². The molecule has 2 nitrogen and oxygen atoms in total. The SMILES string of the molecule is CC(C)(C)c1ccc(CCNC(=O)CCS)cc1. The summed E-state index contributed by atoms with van der Waals surface area (Å²) in [6, 6.07) is 8.63. The summed E-state index contributed by atoms with van der Waals surface area (Å²) in [5.74, 6) is 0.683. The van der Waals surface area contributed by atoms with Crippen molar-refractivity contribution in [2.75, 3.05) is 12.3 Å². The smallest absolute Gasteiger partial charge is 0.220 e. The van der Waals surface area contributed by atoms with Gasteiger partial charge in [0.2, 0.25) is 5.91 Å². The summed E-state index contributed by atoms with van der Waals surface area (Å²) in [6.07, 6.45) is 1.37. The van der Waals surface area contributed by atoms with Crippen LogP contribution in [0.15, 0.2) is 24.3 Å². The van der Waals surface area contributed by atoms with E-state index in [2.05, 4.69) is 63.0 Å². The minimum Gasteiger partial charge on any atom is -0.356 e. The molecule has 1 aromatic carbocycles. The van der Waals surface area contributed by atoms with Gasteiger partial charge in [-0.1, -0.05) is 45.0 Å². The van der Waals surface area contributed by atoms with Crippen molar-refractivity contribution in [3.63, 3.8) is 0 Å². The van der Waals surface area contributed by atoms with Gasteiger partial charge in [0.25, 0.3) is 0 Å². The van der Waals surface area contributed by atoms with E-state index < -0.39 is 0 Å². The second-order valence-electron chi connectivity index (χ2n) is 5.52. The Hall–Kier alpha value is -0.960. The maximum Gasteiger partial charge on any atom is 0.220 e. The standard InChI is InChI=1S/C15H23NOS/c1-15(2,3)13-6-4-12(5-7-13)8-10-16-14(17)9-11-18/h4-7,18H,8-11H2,1-3H3,(H,16,17). The third-order valence-electron chi connectivity index (χ3n) is 2.89. The van der Waals surface area contributed by atoms with Crippen molar-refractivity contribution < 1.29 is 4.79 Å². The highest BCUT2D eigenvalue weighted by atomic mass is 32.1. The van der Waals surface area contributed by atoms with Crippen LogP contribution in [0.3, 0.4) is 0 Å². The van der Waals surface area contributed by atoms with E-state index in [1.165, 1.54) is 11.1 Å². The second kappa shape index (κ2) is 6.83. The Morgan fingerprint density at radius 3 is 2.33 bits per heavy atom. The number of rotatable bonds is 5. The maximum atomic E-state index is 11.3. The van der Waals surface area contributed by atoms with Crippen LogP contribution in [0.5, 0.6) is 0 Å². The van der Waals surface area contributed by atoms with Crippen LogP contribution in [0.1, 0.15) is 38.3 Å². The molecule has 0 spiro atoms. The molecule has 18 heavy (non-hydrogen) atoms. The van der Waals surface area contributed by atoms with Crippen molar-refractivity contribution >= 4 is 18.5 Å². The summed E-state index contributed by atoms with van der Waals surface area (Å²) in [4.78, 5) is 11.3. The van der Waals surface area contributed by atoms with Crippen LogP contribution in [0.4, 0.5) is 0 Å². The van der Waals surface area contributed by atoms with Gasteiger partial charge in [-0.3, -0.25) is 4.79 Å².